The zero-order chi connectivity index (χ0) is 14.8. The van der Waals surface area contributed by atoms with Crippen LogP contribution in [0.3, 0.4) is 0 Å². The van der Waals surface area contributed by atoms with Crippen molar-refractivity contribution in [1.29, 1.82) is 0 Å². The normalized spacial score (nSPS) is 11.8. The molecule has 1 atom stereocenters. The quantitative estimate of drug-likeness (QED) is 0.510. The molecule has 0 fully saturated rings. The molecule has 110 valence electrons. The van der Waals surface area contributed by atoms with E-state index in [9.17, 15) is 14.4 Å². The van der Waals surface area contributed by atoms with Gasteiger partial charge < -0.3 is 21.1 Å². The highest BCUT2D eigenvalue weighted by molar-refractivity contribution is 5.78. The molecule has 0 aromatic heterocycles. The van der Waals surface area contributed by atoms with Crippen molar-refractivity contribution in [2.75, 3.05) is 13.1 Å². The van der Waals surface area contributed by atoms with Crippen molar-refractivity contribution >= 4 is 17.9 Å². The molecule has 0 spiro atoms. The molecule has 0 heterocycles. The van der Waals surface area contributed by atoms with Crippen molar-refractivity contribution in [1.82, 2.24) is 16.0 Å². The van der Waals surface area contributed by atoms with Gasteiger partial charge in [0.2, 0.25) is 5.91 Å². The maximum atomic E-state index is 11.5. The van der Waals surface area contributed by atoms with Crippen molar-refractivity contribution in [2.45, 2.75) is 39.7 Å². The molecule has 7 heteroatoms. The molecular weight excluding hydrogens is 250 g/mol. The lowest BCUT2D eigenvalue weighted by molar-refractivity contribution is -0.137. The molecule has 19 heavy (non-hydrogen) atoms. The second-order valence-electron chi connectivity index (χ2n) is 4.55. The lowest BCUT2D eigenvalue weighted by Gasteiger charge is -2.20. The number of amides is 3. The van der Waals surface area contributed by atoms with Crippen molar-refractivity contribution in [2.24, 2.45) is 5.92 Å². The summed E-state index contributed by atoms with van der Waals surface area (Å²) in [6.45, 7) is 6.26. The van der Waals surface area contributed by atoms with Crippen LogP contribution in [0.2, 0.25) is 0 Å². The van der Waals surface area contributed by atoms with Crippen molar-refractivity contribution in [3.8, 4) is 0 Å². The summed E-state index contributed by atoms with van der Waals surface area (Å²) in [5.74, 6) is -1.07. The lowest BCUT2D eigenvalue weighted by Crippen LogP contribution is -2.46. The molecule has 0 aliphatic carbocycles. The average Bonchev–Trinajstić information content (AvgIpc) is 2.27. The van der Waals surface area contributed by atoms with Gasteiger partial charge in [0.15, 0.2) is 0 Å². The highest BCUT2D eigenvalue weighted by Crippen LogP contribution is 2.05. The van der Waals surface area contributed by atoms with Gasteiger partial charge in [-0.3, -0.25) is 9.59 Å². The fourth-order valence-corrected chi connectivity index (χ4v) is 1.44. The van der Waals surface area contributed by atoms with Crippen LogP contribution in [0.4, 0.5) is 4.79 Å². The monoisotopic (exact) mass is 273 g/mol. The second kappa shape index (κ2) is 9.18. The zero-order valence-electron chi connectivity index (χ0n) is 11.7. The van der Waals surface area contributed by atoms with Gasteiger partial charge in [0.25, 0.3) is 0 Å². The number of hydrogen-bond acceptors (Lipinski definition) is 3. The van der Waals surface area contributed by atoms with E-state index >= 15 is 0 Å². The van der Waals surface area contributed by atoms with Crippen molar-refractivity contribution in [3.05, 3.63) is 0 Å². The maximum absolute atomic E-state index is 11.5. The Morgan fingerprint density at radius 1 is 1.16 bits per heavy atom. The van der Waals surface area contributed by atoms with E-state index < -0.39 is 18.0 Å². The highest BCUT2D eigenvalue weighted by atomic mass is 16.4. The molecule has 0 aromatic carbocycles. The van der Waals surface area contributed by atoms with E-state index in [1.807, 2.05) is 20.8 Å². The molecule has 0 bridgehead atoms. The van der Waals surface area contributed by atoms with Crippen LogP contribution in [-0.4, -0.2) is 42.1 Å². The predicted octanol–water partition coefficient (Wildman–Crippen LogP) is 0.311. The fraction of sp³-hybridized carbons (Fsp3) is 0.750. The van der Waals surface area contributed by atoms with Crippen LogP contribution in [0.5, 0.6) is 0 Å². The second-order valence-corrected chi connectivity index (χ2v) is 4.55. The lowest BCUT2D eigenvalue weighted by atomic mass is 10.0. The van der Waals surface area contributed by atoms with E-state index in [2.05, 4.69) is 16.0 Å². The number of carboxylic acids is 1. The number of carboxylic acid groups (broad SMARTS) is 1. The topological polar surface area (TPSA) is 108 Å². The third-order valence-corrected chi connectivity index (χ3v) is 2.53. The molecule has 1 unspecified atom stereocenters. The first-order chi connectivity index (χ1) is 8.86. The van der Waals surface area contributed by atoms with E-state index in [1.54, 1.807) is 0 Å². The van der Waals surface area contributed by atoms with E-state index in [-0.39, 0.29) is 31.2 Å². The largest absolute Gasteiger partial charge is 0.481 e. The van der Waals surface area contributed by atoms with Gasteiger partial charge in [-0.2, -0.15) is 0 Å². The van der Waals surface area contributed by atoms with Crippen LogP contribution in [0.1, 0.15) is 33.6 Å². The van der Waals surface area contributed by atoms with Gasteiger partial charge in [0.1, 0.15) is 0 Å². The summed E-state index contributed by atoms with van der Waals surface area (Å²) < 4.78 is 0. The summed E-state index contributed by atoms with van der Waals surface area (Å²) in [5.41, 5.74) is 0. The molecule has 0 aromatic rings. The first-order valence-electron chi connectivity index (χ1n) is 6.39. The van der Waals surface area contributed by atoms with Crippen LogP contribution in [0.25, 0.3) is 0 Å². The maximum Gasteiger partial charge on any atom is 0.315 e. The number of nitrogens with one attached hydrogen (secondary N) is 3. The van der Waals surface area contributed by atoms with Crippen LogP contribution in [0.15, 0.2) is 0 Å². The predicted molar refractivity (Wildman–Crippen MR) is 70.7 cm³/mol. The Bertz CT molecular complexity index is 318. The van der Waals surface area contributed by atoms with E-state index in [4.69, 9.17) is 5.11 Å². The third-order valence-electron chi connectivity index (χ3n) is 2.53. The minimum Gasteiger partial charge on any atom is -0.481 e. The minimum absolute atomic E-state index is 0.0187. The summed E-state index contributed by atoms with van der Waals surface area (Å²) in [6, 6.07) is -0.883. The summed E-state index contributed by atoms with van der Waals surface area (Å²) in [5, 5.41) is 16.5. The van der Waals surface area contributed by atoms with Crippen LogP contribution >= 0.6 is 0 Å². The van der Waals surface area contributed by atoms with Gasteiger partial charge in [-0.05, 0) is 12.8 Å². The number of rotatable bonds is 8. The number of urea groups is 1. The molecular formula is C12H23N3O4. The SMILES string of the molecule is CCNC(=O)CCNC(=O)NC(CC(=O)O)C(C)C. The van der Waals surface area contributed by atoms with E-state index in [1.165, 1.54) is 0 Å². The average molecular weight is 273 g/mol. The van der Waals surface area contributed by atoms with Gasteiger partial charge in [-0.15, -0.1) is 0 Å². The third kappa shape index (κ3) is 8.87. The Morgan fingerprint density at radius 2 is 1.79 bits per heavy atom. The number of aliphatic carboxylic acids is 1. The zero-order valence-corrected chi connectivity index (χ0v) is 11.7. The summed E-state index contributed by atoms with van der Waals surface area (Å²) in [7, 11) is 0. The van der Waals surface area contributed by atoms with E-state index in [0.29, 0.717) is 6.54 Å². The smallest absolute Gasteiger partial charge is 0.315 e. The molecule has 0 aliphatic heterocycles. The van der Waals surface area contributed by atoms with Crippen LogP contribution in [0, 0.1) is 5.92 Å². The van der Waals surface area contributed by atoms with Crippen molar-refractivity contribution in [3.63, 3.8) is 0 Å². The molecule has 7 nitrogen and oxygen atoms in total. The molecule has 0 aliphatic rings. The Kier molecular flexibility index (Phi) is 8.32. The molecule has 0 saturated heterocycles. The molecule has 0 saturated carbocycles. The van der Waals surface area contributed by atoms with E-state index in [0.717, 1.165) is 0 Å². The Labute approximate surface area is 113 Å². The summed E-state index contributed by atoms with van der Waals surface area (Å²) >= 11 is 0. The van der Waals surface area contributed by atoms with Crippen molar-refractivity contribution < 1.29 is 19.5 Å². The summed E-state index contributed by atoms with van der Waals surface area (Å²) in [6.07, 6.45) is 0.0773. The number of carbonyl (C=O) groups is 3. The highest BCUT2D eigenvalue weighted by Gasteiger charge is 2.19. The molecule has 0 rings (SSSR count). The summed E-state index contributed by atoms with van der Waals surface area (Å²) in [4.78, 5) is 33.3. The van der Waals surface area contributed by atoms with Gasteiger partial charge in [-0.1, -0.05) is 13.8 Å². The first kappa shape index (κ1) is 17.2. The molecule has 0 radical (unpaired) electrons. The minimum atomic E-state index is -0.957. The van der Waals surface area contributed by atoms with Crippen LogP contribution < -0.4 is 16.0 Å². The number of carbonyl (C=O) groups excluding carboxylic acids is 2. The number of hydrogen-bond donors (Lipinski definition) is 4. The van der Waals surface area contributed by atoms with Gasteiger partial charge in [0, 0.05) is 25.6 Å². The van der Waals surface area contributed by atoms with Gasteiger partial charge in [-0.25, -0.2) is 4.79 Å². The Balaban J connectivity index is 4.00. The molecule has 4 N–H and O–H groups in total. The fourth-order valence-electron chi connectivity index (χ4n) is 1.44. The molecule has 3 amide bonds. The first-order valence-corrected chi connectivity index (χ1v) is 6.39. The Hall–Kier alpha value is -1.79. The van der Waals surface area contributed by atoms with Crippen LogP contribution in [-0.2, 0) is 9.59 Å². The Morgan fingerprint density at radius 3 is 2.26 bits per heavy atom. The van der Waals surface area contributed by atoms with Gasteiger partial charge in [0.05, 0.1) is 6.42 Å². The standard InChI is InChI=1S/C12H23N3O4/c1-4-13-10(16)5-6-14-12(19)15-9(8(2)3)7-11(17)18/h8-9H,4-7H2,1-3H3,(H,13,16)(H,17,18)(H2,14,15,19). The van der Waals surface area contributed by atoms with Gasteiger partial charge >= 0.3 is 12.0 Å².